The van der Waals surface area contributed by atoms with E-state index in [1.54, 1.807) is 25.1 Å². The summed E-state index contributed by atoms with van der Waals surface area (Å²) in [7, 11) is 0. The third-order valence-electron chi connectivity index (χ3n) is 3.30. The van der Waals surface area contributed by atoms with E-state index in [0.29, 0.717) is 16.9 Å². The Morgan fingerprint density at radius 2 is 1.75 bits per heavy atom. The number of amides is 1. The van der Waals surface area contributed by atoms with E-state index in [4.69, 9.17) is 5.73 Å². The maximum atomic E-state index is 13.5. The Labute approximate surface area is 117 Å². The molecular weight excluding hydrogens is 255 g/mol. The van der Waals surface area contributed by atoms with Gasteiger partial charge in [-0.2, -0.15) is 0 Å². The average Bonchev–Trinajstić information content (AvgIpc) is 2.39. The number of anilines is 2. The molecule has 0 saturated heterocycles. The fourth-order valence-corrected chi connectivity index (χ4v) is 1.93. The zero-order valence-electron chi connectivity index (χ0n) is 11.8. The highest BCUT2D eigenvalue weighted by molar-refractivity contribution is 6.04. The average molecular weight is 272 g/mol. The predicted octanol–water partition coefficient (Wildman–Crippen LogP) is 3.59. The van der Waals surface area contributed by atoms with Crippen molar-refractivity contribution in [1.82, 2.24) is 0 Å². The summed E-state index contributed by atoms with van der Waals surface area (Å²) in [5.41, 5.74) is 9.76. The number of benzene rings is 2. The number of halogens is 1. The minimum absolute atomic E-state index is 0.284. The zero-order chi connectivity index (χ0) is 14.9. The normalized spacial score (nSPS) is 10.4. The molecule has 0 fully saturated rings. The van der Waals surface area contributed by atoms with Gasteiger partial charge in [0.25, 0.3) is 5.91 Å². The van der Waals surface area contributed by atoms with E-state index in [1.807, 2.05) is 19.9 Å². The molecule has 0 heterocycles. The predicted molar refractivity (Wildman–Crippen MR) is 79.4 cm³/mol. The van der Waals surface area contributed by atoms with Gasteiger partial charge in [0.1, 0.15) is 5.82 Å². The molecule has 0 aliphatic carbocycles. The number of carbonyl (C=O) groups is 1. The maximum Gasteiger partial charge on any atom is 0.255 e. The Hall–Kier alpha value is -2.36. The van der Waals surface area contributed by atoms with E-state index in [-0.39, 0.29) is 11.5 Å². The lowest BCUT2D eigenvalue weighted by Crippen LogP contribution is -2.13. The van der Waals surface area contributed by atoms with Crippen LogP contribution in [0.25, 0.3) is 0 Å². The highest BCUT2D eigenvalue weighted by Gasteiger charge is 2.10. The van der Waals surface area contributed by atoms with Crippen molar-refractivity contribution in [2.24, 2.45) is 0 Å². The Balaban J connectivity index is 2.27. The molecule has 2 aromatic rings. The molecule has 2 aromatic carbocycles. The lowest BCUT2D eigenvalue weighted by Gasteiger charge is -2.11. The second kappa shape index (κ2) is 5.33. The Morgan fingerprint density at radius 1 is 1.05 bits per heavy atom. The van der Waals surface area contributed by atoms with Crippen LogP contribution in [0.3, 0.4) is 0 Å². The van der Waals surface area contributed by atoms with Crippen LogP contribution < -0.4 is 11.1 Å². The van der Waals surface area contributed by atoms with Crippen molar-refractivity contribution in [3.63, 3.8) is 0 Å². The van der Waals surface area contributed by atoms with Gasteiger partial charge in [-0.25, -0.2) is 4.39 Å². The molecular formula is C16H17FN2O. The first-order chi connectivity index (χ1) is 9.38. The SMILES string of the molecule is Cc1cc(C)c(NC(=O)c2ccc(C)c(F)c2)cc1N. The van der Waals surface area contributed by atoms with Crippen molar-refractivity contribution in [1.29, 1.82) is 0 Å². The molecule has 0 saturated carbocycles. The standard InChI is InChI=1S/C16H17FN2O/c1-9-4-5-12(7-13(9)17)16(20)19-15-8-14(18)10(2)6-11(15)3/h4-8H,18H2,1-3H3,(H,19,20). The van der Waals surface area contributed by atoms with Gasteiger partial charge in [-0.15, -0.1) is 0 Å². The van der Waals surface area contributed by atoms with Crippen LogP contribution in [-0.4, -0.2) is 5.91 Å². The summed E-state index contributed by atoms with van der Waals surface area (Å²) in [5.74, 6) is -0.743. The van der Waals surface area contributed by atoms with Gasteiger partial charge >= 0.3 is 0 Å². The number of nitrogens with two attached hydrogens (primary N) is 1. The molecule has 3 N–H and O–H groups in total. The summed E-state index contributed by atoms with van der Waals surface area (Å²) in [5, 5.41) is 2.76. The first-order valence-electron chi connectivity index (χ1n) is 6.32. The number of hydrogen-bond acceptors (Lipinski definition) is 2. The molecule has 0 radical (unpaired) electrons. The van der Waals surface area contributed by atoms with Gasteiger partial charge in [-0.1, -0.05) is 12.1 Å². The minimum Gasteiger partial charge on any atom is -0.398 e. The van der Waals surface area contributed by atoms with Crippen LogP contribution in [0.1, 0.15) is 27.0 Å². The minimum atomic E-state index is -0.391. The summed E-state index contributed by atoms with van der Waals surface area (Å²) in [6.07, 6.45) is 0. The molecule has 0 aliphatic heterocycles. The van der Waals surface area contributed by atoms with E-state index in [0.717, 1.165) is 11.1 Å². The Morgan fingerprint density at radius 3 is 2.40 bits per heavy atom. The second-order valence-corrected chi connectivity index (χ2v) is 4.94. The van der Waals surface area contributed by atoms with Crippen molar-refractivity contribution in [3.8, 4) is 0 Å². The van der Waals surface area contributed by atoms with E-state index in [9.17, 15) is 9.18 Å². The van der Waals surface area contributed by atoms with E-state index in [1.165, 1.54) is 6.07 Å². The van der Waals surface area contributed by atoms with Gasteiger partial charge < -0.3 is 11.1 Å². The lowest BCUT2D eigenvalue weighted by atomic mass is 10.1. The molecule has 0 aliphatic rings. The summed E-state index contributed by atoms with van der Waals surface area (Å²) < 4.78 is 13.5. The largest absolute Gasteiger partial charge is 0.398 e. The summed E-state index contributed by atoms with van der Waals surface area (Å²) in [4.78, 5) is 12.1. The number of nitrogens with one attached hydrogen (secondary N) is 1. The number of nitrogen functional groups attached to an aromatic ring is 1. The van der Waals surface area contributed by atoms with Gasteiger partial charge in [0, 0.05) is 16.9 Å². The van der Waals surface area contributed by atoms with Crippen LogP contribution in [0, 0.1) is 26.6 Å². The first-order valence-corrected chi connectivity index (χ1v) is 6.32. The highest BCUT2D eigenvalue weighted by atomic mass is 19.1. The number of carbonyl (C=O) groups excluding carboxylic acids is 1. The topological polar surface area (TPSA) is 55.1 Å². The smallest absolute Gasteiger partial charge is 0.255 e. The van der Waals surface area contributed by atoms with Crippen molar-refractivity contribution in [3.05, 3.63) is 58.4 Å². The molecule has 1 amide bonds. The molecule has 2 rings (SSSR count). The highest BCUT2D eigenvalue weighted by Crippen LogP contribution is 2.23. The van der Waals surface area contributed by atoms with Crippen molar-refractivity contribution in [2.75, 3.05) is 11.1 Å². The summed E-state index contributed by atoms with van der Waals surface area (Å²) in [6, 6.07) is 8.03. The van der Waals surface area contributed by atoms with Gasteiger partial charge in [-0.05, 0) is 55.7 Å². The molecule has 0 spiro atoms. The van der Waals surface area contributed by atoms with Gasteiger partial charge in [0.15, 0.2) is 0 Å². The van der Waals surface area contributed by atoms with E-state index in [2.05, 4.69) is 5.32 Å². The van der Waals surface area contributed by atoms with Crippen LogP contribution in [0.5, 0.6) is 0 Å². The Kier molecular flexibility index (Phi) is 3.74. The number of hydrogen-bond donors (Lipinski definition) is 2. The molecule has 0 atom stereocenters. The Bertz CT molecular complexity index is 680. The van der Waals surface area contributed by atoms with Crippen LogP contribution in [-0.2, 0) is 0 Å². The van der Waals surface area contributed by atoms with Crippen molar-refractivity contribution in [2.45, 2.75) is 20.8 Å². The zero-order valence-corrected chi connectivity index (χ0v) is 11.8. The monoisotopic (exact) mass is 272 g/mol. The fourth-order valence-electron chi connectivity index (χ4n) is 1.93. The van der Waals surface area contributed by atoms with Gasteiger partial charge in [0.05, 0.1) is 0 Å². The number of aryl methyl sites for hydroxylation is 3. The third-order valence-corrected chi connectivity index (χ3v) is 3.30. The van der Waals surface area contributed by atoms with Gasteiger partial charge in [0.2, 0.25) is 0 Å². The van der Waals surface area contributed by atoms with E-state index >= 15 is 0 Å². The fraction of sp³-hybridized carbons (Fsp3) is 0.188. The van der Waals surface area contributed by atoms with Crippen LogP contribution in [0.4, 0.5) is 15.8 Å². The molecule has 3 nitrogen and oxygen atoms in total. The van der Waals surface area contributed by atoms with Crippen LogP contribution in [0.15, 0.2) is 30.3 Å². The lowest BCUT2D eigenvalue weighted by molar-refractivity contribution is 0.102. The van der Waals surface area contributed by atoms with Gasteiger partial charge in [-0.3, -0.25) is 4.79 Å². The molecule has 104 valence electrons. The van der Waals surface area contributed by atoms with Crippen molar-refractivity contribution >= 4 is 17.3 Å². The van der Waals surface area contributed by atoms with Crippen molar-refractivity contribution < 1.29 is 9.18 Å². The molecule has 0 bridgehead atoms. The molecule has 0 aromatic heterocycles. The first kappa shape index (κ1) is 14.1. The van der Waals surface area contributed by atoms with Crippen LogP contribution >= 0.6 is 0 Å². The second-order valence-electron chi connectivity index (χ2n) is 4.94. The summed E-state index contributed by atoms with van der Waals surface area (Å²) >= 11 is 0. The molecule has 20 heavy (non-hydrogen) atoms. The third kappa shape index (κ3) is 2.79. The van der Waals surface area contributed by atoms with E-state index < -0.39 is 5.82 Å². The number of rotatable bonds is 2. The quantitative estimate of drug-likeness (QED) is 0.821. The van der Waals surface area contributed by atoms with Crippen LogP contribution in [0.2, 0.25) is 0 Å². The maximum absolute atomic E-state index is 13.5. The summed E-state index contributed by atoms with van der Waals surface area (Å²) in [6.45, 7) is 5.45. The molecule has 4 heteroatoms. The molecule has 0 unspecified atom stereocenters.